The van der Waals surface area contributed by atoms with Gasteiger partial charge in [0.1, 0.15) is 6.04 Å². The summed E-state index contributed by atoms with van der Waals surface area (Å²) in [5.74, 6) is -3.75. The first-order valence-electron chi connectivity index (χ1n) is 6.95. The summed E-state index contributed by atoms with van der Waals surface area (Å²) in [4.78, 5) is 23.6. The Hall–Kier alpha value is -3.27. The molecular weight excluding hydrogens is 316 g/mol. The van der Waals surface area contributed by atoms with Gasteiger partial charge in [0.25, 0.3) is 5.91 Å². The van der Waals surface area contributed by atoms with Gasteiger partial charge in [-0.3, -0.25) is 9.59 Å². The highest BCUT2D eigenvalue weighted by Gasteiger charge is 2.20. The molecule has 2 rings (SSSR count). The molecule has 0 heterocycles. The molecule has 5 nitrogen and oxygen atoms in total. The number of primary amides is 1. The number of nitrogens with zero attached hydrogens (tertiary/aromatic N) is 1. The van der Waals surface area contributed by atoms with E-state index < -0.39 is 29.5 Å². The number of rotatable bonds is 5. The van der Waals surface area contributed by atoms with E-state index in [1.807, 2.05) is 6.07 Å². The molecule has 2 amide bonds. The van der Waals surface area contributed by atoms with E-state index in [9.17, 15) is 18.4 Å². The van der Waals surface area contributed by atoms with Gasteiger partial charge in [-0.25, -0.2) is 8.78 Å². The molecule has 2 aromatic carbocycles. The van der Waals surface area contributed by atoms with Crippen LogP contribution in [0.1, 0.15) is 21.5 Å². The smallest absolute Gasteiger partial charge is 0.252 e. The number of benzene rings is 2. The van der Waals surface area contributed by atoms with E-state index in [0.717, 1.165) is 18.2 Å². The fraction of sp³-hybridized carbons (Fsp3) is 0.118. The molecule has 0 aromatic heterocycles. The topological polar surface area (TPSA) is 96.0 Å². The summed E-state index contributed by atoms with van der Waals surface area (Å²) in [5, 5.41) is 11.1. The maximum absolute atomic E-state index is 13.2. The normalized spacial score (nSPS) is 11.4. The van der Waals surface area contributed by atoms with E-state index in [1.165, 1.54) is 0 Å². The zero-order chi connectivity index (χ0) is 17.7. The lowest BCUT2D eigenvalue weighted by Crippen LogP contribution is -2.45. The number of hydrogen-bond donors (Lipinski definition) is 2. The van der Waals surface area contributed by atoms with Gasteiger partial charge in [-0.05, 0) is 35.9 Å². The van der Waals surface area contributed by atoms with Crippen molar-refractivity contribution >= 4 is 11.8 Å². The molecule has 24 heavy (non-hydrogen) atoms. The van der Waals surface area contributed by atoms with E-state index in [4.69, 9.17) is 11.0 Å². The Balaban J connectivity index is 2.12. The fourth-order valence-corrected chi connectivity index (χ4v) is 2.05. The van der Waals surface area contributed by atoms with Crippen LogP contribution < -0.4 is 11.1 Å². The van der Waals surface area contributed by atoms with E-state index in [0.29, 0.717) is 11.1 Å². The van der Waals surface area contributed by atoms with Crippen LogP contribution in [-0.4, -0.2) is 17.9 Å². The van der Waals surface area contributed by atoms with Crippen LogP contribution in [0.15, 0.2) is 42.5 Å². The summed E-state index contributed by atoms with van der Waals surface area (Å²) in [6, 6.07) is 10.0. The summed E-state index contributed by atoms with van der Waals surface area (Å²) in [6.45, 7) is 0. The molecule has 0 aliphatic carbocycles. The SMILES string of the molecule is N#Cc1ccc(C[C@H](NC(=O)c2ccc(F)c(F)c2)C(N)=O)cc1. The lowest BCUT2D eigenvalue weighted by molar-refractivity contribution is -0.119. The second-order valence-electron chi connectivity index (χ2n) is 5.07. The molecule has 0 unspecified atom stereocenters. The standard InChI is InChI=1S/C17H13F2N3O2/c18-13-6-5-12(8-14(13)19)17(24)22-15(16(21)23)7-10-1-3-11(9-20)4-2-10/h1-6,8,15H,7H2,(H2,21,23)(H,22,24)/t15-/m0/s1. The molecule has 0 radical (unpaired) electrons. The van der Waals surface area contributed by atoms with Crippen molar-refractivity contribution in [1.82, 2.24) is 5.32 Å². The number of nitriles is 1. The van der Waals surface area contributed by atoms with E-state index in [2.05, 4.69) is 5.32 Å². The fourth-order valence-electron chi connectivity index (χ4n) is 2.05. The second-order valence-corrected chi connectivity index (χ2v) is 5.07. The molecule has 3 N–H and O–H groups in total. The summed E-state index contributed by atoms with van der Waals surface area (Å²) in [7, 11) is 0. The van der Waals surface area contributed by atoms with Gasteiger partial charge in [-0.15, -0.1) is 0 Å². The number of hydrogen-bond acceptors (Lipinski definition) is 3. The monoisotopic (exact) mass is 329 g/mol. The van der Waals surface area contributed by atoms with Crippen LogP contribution >= 0.6 is 0 Å². The van der Waals surface area contributed by atoms with Gasteiger partial charge in [-0.2, -0.15) is 5.26 Å². The van der Waals surface area contributed by atoms with Crippen LogP contribution in [0.3, 0.4) is 0 Å². The van der Waals surface area contributed by atoms with Crippen LogP contribution in [0, 0.1) is 23.0 Å². The summed E-state index contributed by atoms with van der Waals surface area (Å²) >= 11 is 0. The number of carbonyl (C=O) groups is 2. The number of carbonyl (C=O) groups excluding carboxylic acids is 2. The maximum Gasteiger partial charge on any atom is 0.252 e. The summed E-state index contributed by atoms with van der Waals surface area (Å²) in [5.41, 5.74) is 6.30. The average Bonchev–Trinajstić information content (AvgIpc) is 2.57. The van der Waals surface area contributed by atoms with Crippen molar-refractivity contribution in [2.45, 2.75) is 12.5 Å². The van der Waals surface area contributed by atoms with Crippen molar-refractivity contribution in [3.05, 3.63) is 70.8 Å². The summed E-state index contributed by atoms with van der Waals surface area (Å²) < 4.78 is 26.1. The molecular formula is C17H13F2N3O2. The first-order chi connectivity index (χ1) is 11.4. The quantitative estimate of drug-likeness (QED) is 0.873. The summed E-state index contributed by atoms with van der Waals surface area (Å²) in [6.07, 6.45) is 0.108. The molecule has 0 aliphatic heterocycles. The van der Waals surface area contributed by atoms with Crippen LogP contribution in [0.25, 0.3) is 0 Å². The molecule has 7 heteroatoms. The third kappa shape index (κ3) is 4.14. The average molecular weight is 329 g/mol. The molecule has 0 saturated heterocycles. The van der Waals surface area contributed by atoms with Gasteiger partial charge in [0.2, 0.25) is 5.91 Å². The first-order valence-corrected chi connectivity index (χ1v) is 6.95. The molecule has 0 spiro atoms. The van der Waals surface area contributed by atoms with E-state index in [-0.39, 0.29) is 12.0 Å². The third-order valence-corrected chi connectivity index (χ3v) is 3.35. The molecule has 0 bridgehead atoms. The Labute approximate surface area is 136 Å². The minimum atomic E-state index is -1.16. The van der Waals surface area contributed by atoms with Crippen molar-refractivity contribution in [2.24, 2.45) is 5.73 Å². The molecule has 0 aliphatic rings. The molecule has 1 atom stereocenters. The van der Waals surface area contributed by atoms with Crippen LogP contribution in [0.4, 0.5) is 8.78 Å². The minimum Gasteiger partial charge on any atom is -0.368 e. The van der Waals surface area contributed by atoms with E-state index >= 15 is 0 Å². The lowest BCUT2D eigenvalue weighted by atomic mass is 10.0. The largest absolute Gasteiger partial charge is 0.368 e. The molecule has 122 valence electrons. The highest BCUT2D eigenvalue weighted by molar-refractivity contribution is 5.97. The Morgan fingerprint density at radius 1 is 1.12 bits per heavy atom. The lowest BCUT2D eigenvalue weighted by Gasteiger charge is -2.16. The third-order valence-electron chi connectivity index (χ3n) is 3.35. The second kappa shape index (κ2) is 7.33. The van der Waals surface area contributed by atoms with Gasteiger partial charge >= 0.3 is 0 Å². The van der Waals surface area contributed by atoms with Crippen molar-refractivity contribution in [3.8, 4) is 6.07 Å². The Kier molecular flexibility index (Phi) is 5.22. The molecule has 0 fully saturated rings. The number of halogens is 2. The molecule has 0 saturated carbocycles. The number of nitrogens with two attached hydrogens (primary N) is 1. The van der Waals surface area contributed by atoms with Crippen molar-refractivity contribution in [3.63, 3.8) is 0 Å². The Morgan fingerprint density at radius 3 is 2.33 bits per heavy atom. The highest BCUT2D eigenvalue weighted by atomic mass is 19.2. The van der Waals surface area contributed by atoms with Gasteiger partial charge in [0.15, 0.2) is 11.6 Å². The van der Waals surface area contributed by atoms with Crippen molar-refractivity contribution < 1.29 is 18.4 Å². The predicted octanol–water partition coefficient (Wildman–Crippen LogP) is 1.66. The Morgan fingerprint density at radius 2 is 1.79 bits per heavy atom. The van der Waals surface area contributed by atoms with Crippen molar-refractivity contribution in [2.75, 3.05) is 0 Å². The molecule has 2 aromatic rings. The maximum atomic E-state index is 13.2. The van der Waals surface area contributed by atoms with Crippen molar-refractivity contribution in [1.29, 1.82) is 5.26 Å². The van der Waals surface area contributed by atoms with Gasteiger partial charge in [0.05, 0.1) is 11.6 Å². The first kappa shape index (κ1) is 17.1. The van der Waals surface area contributed by atoms with Gasteiger partial charge in [0, 0.05) is 12.0 Å². The minimum absolute atomic E-state index is 0.108. The number of nitrogens with one attached hydrogen (secondary N) is 1. The van der Waals surface area contributed by atoms with Crippen LogP contribution in [-0.2, 0) is 11.2 Å². The van der Waals surface area contributed by atoms with Gasteiger partial charge < -0.3 is 11.1 Å². The zero-order valence-electron chi connectivity index (χ0n) is 12.4. The predicted molar refractivity (Wildman–Crippen MR) is 81.7 cm³/mol. The van der Waals surface area contributed by atoms with E-state index in [1.54, 1.807) is 24.3 Å². The van der Waals surface area contributed by atoms with Crippen LogP contribution in [0.5, 0.6) is 0 Å². The number of amides is 2. The van der Waals surface area contributed by atoms with Crippen LogP contribution in [0.2, 0.25) is 0 Å². The zero-order valence-corrected chi connectivity index (χ0v) is 12.4. The highest BCUT2D eigenvalue weighted by Crippen LogP contribution is 2.10. The van der Waals surface area contributed by atoms with Gasteiger partial charge in [-0.1, -0.05) is 12.1 Å². The Bertz CT molecular complexity index is 814.